The van der Waals surface area contributed by atoms with E-state index in [-0.39, 0.29) is 17.9 Å². The molecule has 1 heterocycles. The highest BCUT2D eigenvalue weighted by Gasteiger charge is 2.27. The highest BCUT2D eigenvalue weighted by atomic mass is 16.3. The second-order valence-electron chi connectivity index (χ2n) is 6.25. The van der Waals surface area contributed by atoms with Crippen molar-refractivity contribution in [2.45, 2.75) is 51.0 Å². The zero-order valence-electron chi connectivity index (χ0n) is 12.1. The molecule has 1 saturated carbocycles. The fourth-order valence-electron chi connectivity index (χ4n) is 3.64. The van der Waals surface area contributed by atoms with E-state index in [0.29, 0.717) is 0 Å². The van der Waals surface area contributed by atoms with Crippen molar-refractivity contribution in [3.63, 3.8) is 0 Å². The predicted molar refractivity (Wildman–Crippen MR) is 75.8 cm³/mol. The zero-order valence-corrected chi connectivity index (χ0v) is 12.1. The number of rotatable bonds is 5. The second-order valence-corrected chi connectivity index (χ2v) is 6.25. The van der Waals surface area contributed by atoms with E-state index in [9.17, 15) is 9.90 Å². The van der Waals surface area contributed by atoms with E-state index in [4.69, 9.17) is 0 Å². The Kier molecular flexibility index (Phi) is 5.64. The van der Waals surface area contributed by atoms with Gasteiger partial charge in [-0.25, -0.2) is 0 Å². The standard InChI is InChI=1S/C15H28N2O2/c1-16-15(19)13-7-4-8-17(10-13)11-14(18)9-12-5-2-3-6-12/h12-14,18H,2-11H2,1H3,(H,16,19). The molecule has 0 radical (unpaired) electrons. The molecule has 0 aromatic rings. The number of β-amino-alcohol motifs (C(OH)–C–C–N with tert-alkyl or cyclic N) is 1. The molecule has 0 aromatic heterocycles. The van der Waals surface area contributed by atoms with E-state index in [0.717, 1.165) is 44.8 Å². The minimum absolute atomic E-state index is 0.109. The highest BCUT2D eigenvalue weighted by molar-refractivity contribution is 5.78. The van der Waals surface area contributed by atoms with Gasteiger partial charge in [-0.05, 0) is 31.7 Å². The molecular formula is C15H28N2O2. The molecule has 2 aliphatic rings. The van der Waals surface area contributed by atoms with E-state index in [2.05, 4.69) is 10.2 Å². The van der Waals surface area contributed by atoms with Gasteiger partial charge in [0.25, 0.3) is 0 Å². The van der Waals surface area contributed by atoms with Gasteiger partial charge in [-0.2, -0.15) is 0 Å². The molecule has 1 aliphatic carbocycles. The van der Waals surface area contributed by atoms with Gasteiger partial charge in [-0.15, -0.1) is 0 Å². The monoisotopic (exact) mass is 268 g/mol. The number of likely N-dealkylation sites (tertiary alicyclic amines) is 1. The normalized spacial score (nSPS) is 27.4. The minimum atomic E-state index is -0.216. The van der Waals surface area contributed by atoms with Crippen molar-refractivity contribution in [3.8, 4) is 0 Å². The SMILES string of the molecule is CNC(=O)C1CCCN(CC(O)CC2CCCC2)C1. The van der Waals surface area contributed by atoms with E-state index in [1.807, 2.05) is 0 Å². The molecule has 4 heteroatoms. The fourth-order valence-corrected chi connectivity index (χ4v) is 3.64. The highest BCUT2D eigenvalue weighted by Crippen LogP contribution is 2.29. The molecule has 2 rings (SSSR count). The van der Waals surface area contributed by atoms with Crippen molar-refractivity contribution >= 4 is 5.91 Å². The lowest BCUT2D eigenvalue weighted by atomic mass is 9.95. The minimum Gasteiger partial charge on any atom is -0.392 e. The van der Waals surface area contributed by atoms with Crippen molar-refractivity contribution in [1.82, 2.24) is 10.2 Å². The zero-order chi connectivity index (χ0) is 13.7. The van der Waals surface area contributed by atoms with Crippen LogP contribution in [0.3, 0.4) is 0 Å². The molecule has 4 nitrogen and oxygen atoms in total. The number of hydrogen-bond acceptors (Lipinski definition) is 3. The number of piperidine rings is 1. The number of nitrogens with one attached hydrogen (secondary N) is 1. The first kappa shape index (κ1) is 14.8. The quantitative estimate of drug-likeness (QED) is 0.792. The molecule has 1 saturated heterocycles. The summed E-state index contributed by atoms with van der Waals surface area (Å²) >= 11 is 0. The van der Waals surface area contributed by atoms with Crippen molar-refractivity contribution in [2.75, 3.05) is 26.7 Å². The lowest BCUT2D eigenvalue weighted by molar-refractivity contribution is -0.126. The first-order valence-electron chi connectivity index (χ1n) is 7.81. The molecular weight excluding hydrogens is 240 g/mol. The average Bonchev–Trinajstić information content (AvgIpc) is 2.90. The van der Waals surface area contributed by atoms with E-state index in [1.54, 1.807) is 7.05 Å². The Balaban J connectivity index is 1.73. The van der Waals surface area contributed by atoms with Crippen LogP contribution in [0.5, 0.6) is 0 Å². The van der Waals surface area contributed by atoms with Crippen LogP contribution >= 0.6 is 0 Å². The van der Waals surface area contributed by atoms with Crippen molar-refractivity contribution in [3.05, 3.63) is 0 Å². The number of aliphatic hydroxyl groups excluding tert-OH is 1. The van der Waals surface area contributed by atoms with Gasteiger partial charge in [0.05, 0.1) is 12.0 Å². The second kappa shape index (κ2) is 7.25. The molecule has 1 aliphatic heterocycles. The summed E-state index contributed by atoms with van der Waals surface area (Å²) in [6, 6.07) is 0. The number of nitrogens with zero attached hydrogens (tertiary/aromatic N) is 1. The van der Waals surface area contributed by atoms with E-state index >= 15 is 0 Å². The third-order valence-electron chi connectivity index (χ3n) is 4.67. The molecule has 0 aromatic carbocycles. The number of carbonyl (C=O) groups excluding carboxylic acids is 1. The van der Waals surface area contributed by atoms with Crippen molar-refractivity contribution < 1.29 is 9.90 Å². The maximum atomic E-state index is 11.7. The Morgan fingerprint density at radius 1 is 1.32 bits per heavy atom. The summed E-state index contributed by atoms with van der Waals surface area (Å²) in [5.74, 6) is 0.988. The summed E-state index contributed by atoms with van der Waals surface area (Å²) < 4.78 is 0. The lowest BCUT2D eigenvalue weighted by Gasteiger charge is -2.33. The molecule has 110 valence electrons. The van der Waals surface area contributed by atoms with Crippen LogP contribution in [-0.4, -0.2) is 48.7 Å². The van der Waals surface area contributed by atoms with Gasteiger partial charge in [0.2, 0.25) is 5.91 Å². The van der Waals surface area contributed by atoms with Crippen LogP contribution in [0.25, 0.3) is 0 Å². The molecule has 2 N–H and O–H groups in total. The Morgan fingerprint density at radius 2 is 2.05 bits per heavy atom. The lowest BCUT2D eigenvalue weighted by Crippen LogP contribution is -2.45. The van der Waals surface area contributed by atoms with E-state index < -0.39 is 0 Å². The molecule has 0 bridgehead atoms. The Hall–Kier alpha value is -0.610. The van der Waals surface area contributed by atoms with Crippen LogP contribution in [0.15, 0.2) is 0 Å². The van der Waals surface area contributed by atoms with Gasteiger partial charge in [0, 0.05) is 20.1 Å². The predicted octanol–water partition coefficient (Wildman–Crippen LogP) is 1.39. The number of carbonyl (C=O) groups is 1. The summed E-state index contributed by atoms with van der Waals surface area (Å²) in [6.45, 7) is 2.57. The average molecular weight is 268 g/mol. The maximum absolute atomic E-state index is 11.7. The van der Waals surface area contributed by atoms with Gasteiger partial charge in [-0.3, -0.25) is 9.69 Å². The van der Waals surface area contributed by atoms with Gasteiger partial charge in [0.1, 0.15) is 0 Å². The Morgan fingerprint density at radius 3 is 2.74 bits per heavy atom. The first-order chi connectivity index (χ1) is 9.19. The number of hydrogen-bond donors (Lipinski definition) is 2. The molecule has 2 atom stereocenters. The van der Waals surface area contributed by atoms with Crippen LogP contribution in [0.1, 0.15) is 44.9 Å². The Labute approximate surface area is 116 Å². The summed E-state index contributed by atoms with van der Waals surface area (Å²) in [5, 5.41) is 12.9. The molecule has 1 amide bonds. The van der Waals surface area contributed by atoms with Crippen LogP contribution in [0, 0.1) is 11.8 Å². The van der Waals surface area contributed by atoms with Crippen LogP contribution < -0.4 is 5.32 Å². The third-order valence-corrected chi connectivity index (χ3v) is 4.67. The first-order valence-corrected chi connectivity index (χ1v) is 7.81. The Bertz CT molecular complexity index is 290. The maximum Gasteiger partial charge on any atom is 0.224 e. The molecule has 2 unspecified atom stereocenters. The van der Waals surface area contributed by atoms with Gasteiger partial charge < -0.3 is 10.4 Å². The summed E-state index contributed by atoms with van der Waals surface area (Å²) in [4.78, 5) is 13.9. The van der Waals surface area contributed by atoms with Gasteiger partial charge >= 0.3 is 0 Å². The van der Waals surface area contributed by atoms with Crippen molar-refractivity contribution in [2.24, 2.45) is 11.8 Å². The van der Waals surface area contributed by atoms with Gasteiger partial charge in [-0.1, -0.05) is 25.7 Å². The largest absolute Gasteiger partial charge is 0.392 e. The fraction of sp³-hybridized carbons (Fsp3) is 0.933. The number of aliphatic hydroxyl groups is 1. The summed E-state index contributed by atoms with van der Waals surface area (Å²) in [6.07, 6.45) is 8.02. The van der Waals surface area contributed by atoms with Crippen LogP contribution in [0.2, 0.25) is 0 Å². The van der Waals surface area contributed by atoms with Gasteiger partial charge in [0.15, 0.2) is 0 Å². The molecule has 0 spiro atoms. The van der Waals surface area contributed by atoms with Crippen LogP contribution in [-0.2, 0) is 4.79 Å². The van der Waals surface area contributed by atoms with E-state index in [1.165, 1.54) is 25.7 Å². The molecule has 19 heavy (non-hydrogen) atoms. The third kappa shape index (κ3) is 4.46. The summed E-state index contributed by atoms with van der Waals surface area (Å²) in [5.41, 5.74) is 0. The summed E-state index contributed by atoms with van der Waals surface area (Å²) in [7, 11) is 1.70. The van der Waals surface area contributed by atoms with Crippen molar-refractivity contribution in [1.29, 1.82) is 0 Å². The smallest absolute Gasteiger partial charge is 0.224 e. The molecule has 2 fully saturated rings. The van der Waals surface area contributed by atoms with Crippen LogP contribution in [0.4, 0.5) is 0 Å². The topological polar surface area (TPSA) is 52.6 Å². The number of amides is 1.